The van der Waals surface area contributed by atoms with Crippen LogP contribution in [0.2, 0.25) is 0 Å². The van der Waals surface area contributed by atoms with Gasteiger partial charge in [-0.25, -0.2) is 9.97 Å². The SMILES string of the molecule is CC1CC(C)(C)CC(CO)(NCc2cnc(N3CCOCC3)nc2)C1. The molecular weight excluding hydrogens is 316 g/mol. The first kappa shape index (κ1) is 18.5. The Kier molecular flexibility index (Phi) is 5.61. The van der Waals surface area contributed by atoms with Crippen LogP contribution in [0.1, 0.15) is 45.6 Å². The fourth-order valence-electron chi connectivity index (χ4n) is 4.71. The molecule has 140 valence electrons. The lowest BCUT2D eigenvalue weighted by Gasteiger charge is -2.47. The van der Waals surface area contributed by atoms with Gasteiger partial charge >= 0.3 is 0 Å². The molecule has 1 saturated heterocycles. The first-order chi connectivity index (χ1) is 11.9. The fraction of sp³-hybridized carbons (Fsp3) is 0.789. The third-order valence-corrected chi connectivity index (χ3v) is 5.41. The van der Waals surface area contributed by atoms with Crippen molar-refractivity contribution in [3.8, 4) is 0 Å². The van der Waals surface area contributed by atoms with E-state index in [0.717, 1.165) is 50.7 Å². The van der Waals surface area contributed by atoms with Gasteiger partial charge in [-0.2, -0.15) is 0 Å². The van der Waals surface area contributed by atoms with Gasteiger partial charge in [-0.05, 0) is 30.6 Å². The van der Waals surface area contributed by atoms with Crippen molar-refractivity contribution in [1.29, 1.82) is 0 Å². The second-order valence-electron chi connectivity index (χ2n) is 8.64. The van der Waals surface area contributed by atoms with Crippen LogP contribution >= 0.6 is 0 Å². The average molecular weight is 348 g/mol. The summed E-state index contributed by atoms with van der Waals surface area (Å²) in [7, 11) is 0. The zero-order chi connectivity index (χ0) is 17.9. The lowest BCUT2D eigenvalue weighted by molar-refractivity contribution is 0.0352. The highest BCUT2D eigenvalue weighted by atomic mass is 16.5. The molecule has 2 fully saturated rings. The summed E-state index contributed by atoms with van der Waals surface area (Å²) < 4.78 is 5.37. The van der Waals surface area contributed by atoms with Crippen molar-refractivity contribution in [2.45, 2.75) is 52.1 Å². The molecule has 3 rings (SSSR count). The Bertz CT molecular complexity index is 557. The van der Waals surface area contributed by atoms with Gasteiger partial charge < -0.3 is 20.1 Å². The predicted octanol–water partition coefficient (Wildman–Crippen LogP) is 1.98. The zero-order valence-corrected chi connectivity index (χ0v) is 15.8. The highest BCUT2D eigenvalue weighted by molar-refractivity contribution is 5.30. The smallest absolute Gasteiger partial charge is 0.225 e. The van der Waals surface area contributed by atoms with Crippen LogP contribution in [0.5, 0.6) is 0 Å². The van der Waals surface area contributed by atoms with Gasteiger partial charge in [0.1, 0.15) is 0 Å². The summed E-state index contributed by atoms with van der Waals surface area (Å²) in [4.78, 5) is 11.2. The Morgan fingerprint density at radius 1 is 1.24 bits per heavy atom. The van der Waals surface area contributed by atoms with Crippen LogP contribution in [0.25, 0.3) is 0 Å². The Morgan fingerprint density at radius 3 is 2.52 bits per heavy atom. The molecule has 1 saturated carbocycles. The highest BCUT2D eigenvalue weighted by Crippen LogP contribution is 2.43. The zero-order valence-electron chi connectivity index (χ0n) is 15.8. The van der Waals surface area contributed by atoms with Crippen molar-refractivity contribution in [2.24, 2.45) is 11.3 Å². The predicted molar refractivity (Wildman–Crippen MR) is 98.5 cm³/mol. The molecule has 1 aromatic rings. The minimum atomic E-state index is -0.204. The first-order valence-corrected chi connectivity index (χ1v) is 9.41. The number of anilines is 1. The number of aromatic nitrogens is 2. The first-order valence-electron chi connectivity index (χ1n) is 9.41. The number of aliphatic hydroxyl groups is 1. The number of aliphatic hydroxyl groups excluding tert-OH is 1. The van der Waals surface area contributed by atoms with E-state index >= 15 is 0 Å². The number of nitrogens with one attached hydrogen (secondary N) is 1. The van der Waals surface area contributed by atoms with E-state index in [1.54, 1.807) is 0 Å². The second kappa shape index (κ2) is 7.56. The molecule has 2 aliphatic rings. The normalized spacial score (nSPS) is 29.6. The fourth-order valence-corrected chi connectivity index (χ4v) is 4.71. The van der Waals surface area contributed by atoms with Gasteiger partial charge in [0, 0.05) is 43.1 Å². The van der Waals surface area contributed by atoms with Gasteiger partial charge in [-0.15, -0.1) is 0 Å². The molecule has 0 aromatic carbocycles. The number of rotatable bonds is 5. The van der Waals surface area contributed by atoms with Gasteiger partial charge in [-0.1, -0.05) is 20.8 Å². The van der Waals surface area contributed by atoms with Gasteiger partial charge in [0.15, 0.2) is 0 Å². The summed E-state index contributed by atoms with van der Waals surface area (Å²) in [5, 5.41) is 13.7. The molecule has 2 heterocycles. The number of hydrogen-bond donors (Lipinski definition) is 2. The van der Waals surface area contributed by atoms with Crippen LogP contribution in [0, 0.1) is 11.3 Å². The quantitative estimate of drug-likeness (QED) is 0.848. The van der Waals surface area contributed by atoms with Crippen LogP contribution in [-0.4, -0.2) is 53.5 Å². The van der Waals surface area contributed by atoms with E-state index in [4.69, 9.17) is 4.74 Å². The molecule has 1 aliphatic heterocycles. The van der Waals surface area contributed by atoms with Crippen molar-refractivity contribution in [3.05, 3.63) is 18.0 Å². The molecule has 2 unspecified atom stereocenters. The van der Waals surface area contributed by atoms with Crippen molar-refractivity contribution < 1.29 is 9.84 Å². The van der Waals surface area contributed by atoms with Crippen LogP contribution in [-0.2, 0) is 11.3 Å². The third kappa shape index (κ3) is 4.68. The van der Waals surface area contributed by atoms with Gasteiger partial charge in [0.2, 0.25) is 5.95 Å². The molecule has 6 heteroatoms. The van der Waals surface area contributed by atoms with E-state index < -0.39 is 0 Å². The van der Waals surface area contributed by atoms with E-state index in [9.17, 15) is 5.11 Å². The second-order valence-corrected chi connectivity index (χ2v) is 8.64. The largest absolute Gasteiger partial charge is 0.394 e. The molecule has 2 N–H and O–H groups in total. The van der Waals surface area contributed by atoms with E-state index in [1.165, 1.54) is 6.42 Å². The Labute approximate surface area is 151 Å². The molecule has 0 bridgehead atoms. The summed E-state index contributed by atoms with van der Waals surface area (Å²) in [5.41, 5.74) is 1.11. The van der Waals surface area contributed by atoms with Crippen molar-refractivity contribution >= 4 is 5.95 Å². The van der Waals surface area contributed by atoms with Crippen molar-refractivity contribution in [2.75, 3.05) is 37.8 Å². The molecule has 25 heavy (non-hydrogen) atoms. The monoisotopic (exact) mass is 348 g/mol. The molecule has 1 aliphatic carbocycles. The summed E-state index contributed by atoms with van der Waals surface area (Å²) in [5.74, 6) is 1.39. The third-order valence-electron chi connectivity index (χ3n) is 5.41. The minimum Gasteiger partial charge on any atom is -0.394 e. The number of hydrogen-bond acceptors (Lipinski definition) is 6. The maximum Gasteiger partial charge on any atom is 0.225 e. The molecule has 1 aromatic heterocycles. The minimum absolute atomic E-state index is 0.174. The molecular formula is C19H32N4O2. The summed E-state index contributed by atoms with van der Waals surface area (Å²) in [6, 6.07) is 0. The van der Waals surface area contributed by atoms with Crippen LogP contribution in [0.3, 0.4) is 0 Å². The lowest BCUT2D eigenvalue weighted by Crippen LogP contribution is -2.54. The number of ether oxygens (including phenoxy) is 1. The van der Waals surface area contributed by atoms with Crippen LogP contribution in [0.4, 0.5) is 5.95 Å². The summed E-state index contributed by atoms with van der Waals surface area (Å²) in [6.45, 7) is 10.9. The lowest BCUT2D eigenvalue weighted by atomic mass is 9.64. The Morgan fingerprint density at radius 2 is 1.92 bits per heavy atom. The molecule has 0 amide bonds. The van der Waals surface area contributed by atoms with E-state index in [0.29, 0.717) is 12.5 Å². The molecule has 0 radical (unpaired) electrons. The maximum atomic E-state index is 10.1. The van der Waals surface area contributed by atoms with Crippen LogP contribution in [0.15, 0.2) is 12.4 Å². The molecule has 0 spiro atoms. The maximum absolute atomic E-state index is 10.1. The Hall–Kier alpha value is -1.24. The van der Waals surface area contributed by atoms with Crippen molar-refractivity contribution in [3.63, 3.8) is 0 Å². The average Bonchev–Trinajstić information content (AvgIpc) is 2.59. The molecule has 6 nitrogen and oxygen atoms in total. The topological polar surface area (TPSA) is 70.5 Å². The Balaban J connectivity index is 1.61. The van der Waals surface area contributed by atoms with Gasteiger partial charge in [0.05, 0.1) is 19.8 Å². The van der Waals surface area contributed by atoms with E-state index in [2.05, 4.69) is 41.0 Å². The van der Waals surface area contributed by atoms with Crippen LogP contribution < -0.4 is 10.2 Å². The highest BCUT2D eigenvalue weighted by Gasteiger charge is 2.42. The number of nitrogens with zero attached hydrogens (tertiary/aromatic N) is 3. The van der Waals surface area contributed by atoms with Gasteiger partial charge in [0.25, 0.3) is 0 Å². The summed E-state index contributed by atoms with van der Waals surface area (Å²) in [6.07, 6.45) is 7.02. The van der Waals surface area contributed by atoms with E-state index in [1.807, 2.05) is 12.4 Å². The van der Waals surface area contributed by atoms with Crippen molar-refractivity contribution in [1.82, 2.24) is 15.3 Å². The number of morpholine rings is 1. The van der Waals surface area contributed by atoms with Gasteiger partial charge in [-0.3, -0.25) is 0 Å². The van der Waals surface area contributed by atoms with E-state index in [-0.39, 0.29) is 17.6 Å². The molecule has 2 atom stereocenters. The summed E-state index contributed by atoms with van der Waals surface area (Å²) >= 11 is 0. The standard InChI is InChI=1S/C19H32N4O2/c1-15-8-18(2,3)13-19(9-15,14-24)22-12-16-10-20-17(21-11-16)23-4-6-25-7-5-23/h10-11,15,22,24H,4-9,12-14H2,1-3H3.